The number of hydrogen-bond acceptors (Lipinski definition) is 7. The van der Waals surface area contributed by atoms with Gasteiger partial charge in [0, 0.05) is 24.3 Å². The number of sulfonamides is 1. The fourth-order valence-electron chi connectivity index (χ4n) is 3.58. The van der Waals surface area contributed by atoms with Crippen molar-refractivity contribution in [3.8, 4) is 0 Å². The molecule has 1 aliphatic rings. The van der Waals surface area contributed by atoms with E-state index in [9.17, 15) is 32.5 Å². The molecule has 3 rings (SSSR count). The summed E-state index contributed by atoms with van der Waals surface area (Å²) < 4.78 is 45.8. The minimum absolute atomic E-state index is 0.0394. The van der Waals surface area contributed by atoms with Gasteiger partial charge in [0.25, 0.3) is 5.91 Å². The Hall–Kier alpha value is -3.38. The number of carbonyl (C=O) groups is 2. The highest BCUT2D eigenvalue weighted by Gasteiger charge is 2.31. The van der Waals surface area contributed by atoms with Crippen molar-refractivity contribution >= 4 is 33.3 Å². The summed E-state index contributed by atoms with van der Waals surface area (Å²) in [6, 6.07) is 7.96. The van der Waals surface area contributed by atoms with Crippen LogP contribution in [0.15, 0.2) is 47.4 Å². The number of halogens is 1. The van der Waals surface area contributed by atoms with Crippen molar-refractivity contribution in [3.63, 3.8) is 0 Å². The van der Waals surface area contributed by atoms with Gasteiger partial charge in [-0.1, -0.05) is 6.42 Å². The number of nitro groups is 1. The molecule has 2 aromatic carbocycles. The molecule has 0 bridgehead atoms. The summed E-state index contributed by atoms with van der Waals surface area (Å²) in [6.45, 7) is 3.60. The van der Waals surface area contributed by atoms with E-state index < -0.39 is 44.4 Å². The molecule has 1 saturated heterocycles. The third-order valence-corrected chi connectivity index (χ3v) is 7.53. The molecular formula is C22H24FN3O7S. The predicted octanol–water partition coefficient (Wildman–Crippen LogP) is 3.48. The van der Waals surface area contributed by atoms with Crippen LogP contribution >= 0.6 is 0 Å². The second-order valence-corrected chi connectivity index (χ2v) is 9.84. The van der Waals surface area contributed by atoms with Crippen LogP contribution in [-0.2, 0) is 19.6 Å². The van der Waals surface area contributed by atoms with Gasteiger partial charge in [0.05, 0.1) is 15.4 Å². The van der Waals surface area contributed by atoms with E-state index in [0.29, 0.717) is 6.54 Å². The highest BCUT2D eigenvalue weighted by Crippen LogP contribution is 2.25. The number of carbonyl (C=O) groups excluding carboxylic acids is 2. The van der Waals surface area contributed by atoms with E-state index in [1.807, 2.05) is 6.92 Å². The van der Waals surface area contributed by atoms with E-state index in [2.05, 4.69) is 5.32 Å². The Kier molecular flexibility index (Phi) is 7.62. The number of hydrogen-bond donors (Lipinski definition) is 1. The van der Waals surface area contributed by atoms with E-state index >= 15 is 0 Å². The molecule has 1 aliphatic heterocycles. The van der Waals surface area contributed by atoms with Crippen LogP contribution in [-0.4, -0.2) is 48.2 Å². The van der Waals surface area contributed by atoms with Crippen LogP contribution in [0.4, 0.5) is 15.8 Å². The highest BCUT2D eigenvalue weighted by atomic mass is 32.2. The minimum Gasteiger partial charge on any atom is -0.449 e. The first-order valence-corrected chi connectivity index (χ1v) is 12.0. The zero-order chi connectivity index (χ0) is 25.0. The van der Waals surface area contributed by atoms with Crippen molar-refractivity contribution in [3.05, 3.63) is 64.0 Å². The van der Waals surface area contributed by atoms with Gasteiger partial charge in [-0.2, -0.15) is 8.70 Å². The molecule has 0 saturated carbocycles. The standard InChI is InChI=1S/C22H24FN3O7S/c1-14-5-3-4-12-25(14)34(31,32)18-9-6-16(7-10-18)22(28)33-15(2)21(27)24-17-8-11-19(23)20(13-17)26(29)30/h6-11,13-15H,3-5,12H2,1-2H3,(H,24,27). The van der Waals surface area contributed by atoms with Crippen molar-refractivity contribution in [1.82, 2.24) is 4.31 Å². The molecule has 2 aromatic rings. The molecular weight excluding hydrogens is 469 g/mol. The van der Waals surface area contributed by atoms with Gasteiger partial charge in [-0.15, -0.1) is 0 Å². The van der Waals surface area contributed by atoms with Crippen LogP contribution in [0.3, 0.4) is 0 Å². The third kappa shape index (κ3) is 5.57. The van der Waals surface area contributed by atoms with Crippen molar-refractivity contribution in [1.29, 1.82) is 0 Å². The molecule has 0 spiro atoms. The summed E-state index contributed by atoms with van der Waals surface area (Å²) >= 11 is 0. The Morgan fingerprint density at radius 2 is 1.88 bits per heavy atom. The van der Waals surface area contributed by atoms with E-state index in [4.69, 9.17) is 4.74 Å². The molecule has 1 heterocycles. The van der Waals surface area contributed by atoms with E-state index in [0.717, 1.165) is 37.5 Å². The topological polar surface area (TPSA) is 136 Å². The smallest absolute Gasteiger partial charge is 0.338 e. The maximum atomic E-state index is 13.4. The van der Waals surface area contributed by atoms with Crippen LogP contribution in [0.5, 0.6) is 0 Å². The van der Waals surface area contributed by atoms with Crippen molar-refractivity contribution < 1.29 is 32.1 Å². The van der Waals surface area contributed by atoms with Gasteiger partial charge in [0.1, 0.15) is 0 Å². The van der Waals surface area contributed by atoms with Crippen LogP contribution in [0.1, 0.15) is 43.5 Å². The summed E-state index contributed by atoms with van der Waals surface area (Å²) in [6.07, 6.45) is 1.27. The molecule has 10 nitrogen and oxygen atoms in total. The Balaban J connectivity index is 1.64. The maximum absolute atomic E-state index is 13.4. The minimum atomic E-state index is -3.70. The zero-order valence-corrected chi connectivity index (χ0v) is 19.4. The lowest BCUT2D eigenvalue weighted by atomic mass is 10.1. The van der Waals surface area contributed by atoms with Gasteiger partial charge >= 0.3 is 11.7 Å². The monoisotopic (exact) mass is 493 g/mol. The number of esters is 1. The van der Waals surface area contributed by atoms with E-state index in [1.54, 1.807) is 0 Å². The second kappa shape index (κ2) is 10.3. The number of ether oxygens (including phenoxy) is 1. The third-order valence-electron chi connectivity index (χ3n) is 5.50. The Labute approximate surface area is 195 Å². The van der Waals surface area contributed by atoms with Crippen LogP contribution in [0.25, 0.3) is 0 Å². The summed E-state index contributed by atoms with van der Waals surface area (Å²) in [5.74, 6) is -2.70. The quantitative estimate of drug-likeness (QED) is 0.354. The lowest BCUT2D eigenvalue weighted by Crippen LogP contribution is -2.41. The van der Waals surface area contributed by atoms with E-state index in [-0.39, 0.29) is 22.2 Å². The maximum Gasteiger partial charge on any atom is 0.338 e. The number of nitrogens with zero attached hydrogens (tertiary/aromatic N) is 2. The normalized spacial score (nSPS) is 17.6. The van der Waals surface area contributed by atoms with E-state index in [1.165, 1.54) is 35.5 Å². The fraction of sp³-hybridized carbons (Fsp3) is 0.364. The molecule has 0 radical (unpaired) electrons. The number of piperidine rings is 1. The lowest BCUT2D eigenvalue weighted by molar-refractivity contribution is -0.387. The molecule has 182 valence electrons. The first-order chi connectivity index (χ1) is 16.0. The SMILES string of the molecule is CC(OC(=O)c1ccc(S(=O)(=O)N2CCCCC2C)cc1)C(=O)Nc1ccc(F)c([N+](=O)[O-])c1. The highest BCUT2D eigenvalue weighted by molar-refractivity contribution is 7.89. The average molecular weight is 494 g/mol. The molecule has 0 aromatic heterocycles. The summed E-state index contributed by atoms with van der Waals surface area (Å²) in [4.78, 5) is 34.7. The van der Waals surface area contributed by atoms with Gasteiger partial charge < -0.3 is 10.1 Å². The van der Waals surface area contributed by atoms with Crippen LogP contribution in [0.2, 0.25) is 0 Å². The molecule has 34 heavy (non-hydrogen) atoms. The first kappa shape index (κ1) is 25.2. The molecule has 12 heteroatoms. The zero-order valence-electron chi connectivity index (χ0n) is 18.6. The summed E-state index contributed by atoms with van der Waals surface area (Å²) in [5.41, 5.74) is -0.804. The van der Waals surface area contributed by atoms with Crippen LogP contribution < -0.4 is 5.32 Å². The average Bonchev–Trinajstić information content (AvgIpc) is 2.80. The Bertz CT molecular complexity index is 1200. The molecule has 1 N–H and O–H groups in total. The summed E-state index contributed by atoms with van der Waals surface area (Å²) in [5, 5.41) is 13.1. The molecule has 2 unspecified atom stereocenters. The molecule has 1 amide bonds. The van der Waals surface area contributed by atoms with Gasteiger partial charge in [0.2, 0.25) is 15.8 Å². The second-order valence-electron chi connectivity index (χ2n) is 7.95. The first-order valence-electron chi connectivity index (χ1n) is 10.6. The van der Waals surface area contributed by atoms with Crippen molar-refractivity contribution in [2.75, 3.05) is 11.9 Å². The molecule has 0 aliphatic carbocycles. The number of rotatable bonds is 7. The molecule has 2 atom stereocenters. The van der Waals surface area contributed by atoms with Crippen molar-refractivity contribution in [2.45, 2.75) is 50.2 Å². The molecule has 1 fully saturated rings. The Morgan fingerprint density at radius 1 is 1.21 bits per heavy atom. The number of nitro benzene ring substituents is 1. The van der Waals surface area contributed by atoms with Gasteiger partial charge in [0.15, 0.2) is 6.10 Å². The predicted molar refractivity (Wildman–Crippen MR) is 120 cm³/mol. The van der Waals surface area contributed by atoms with Gasteiger partial charge in [-0.05, 0) is 63.1 Å². The van der Waals surface area contributed by atoms with Gasteiger partial charge in [-0.3, -0.25) is 14.9 Å². The number of amides is 1. The van der Waals surface area contributed by atoms with Crippen LogP contribution in [0, 0.1) is 15.9 Å². The van der Waals surface area contributed by atoms with Gasteiger partial charge in [-0.25, -0.2) is 13.2 Å². The fourth-order valence-corrected chi connectivity index (χ4v) is 5.28. The lowest BCUT2D eigenvalue weighted by Gasteiger charge is -2.32. The number of anilines is 1. The largest absolute Gasteiger partial charge is 0.449 e. The summed E-state index contributed by atoms with van der Waals surface area (Å²) in [7, 11) is -3.70. The Morgan fingerprint density at radius 3 is 2.50 bits per heavy atom. The number of benzene rings is 2. The van der Waals surface area contributed by atoms with Crippen molar-refractivity contribution in [2.24, 2.45) is 0 Å². The number of nitrogens with one attached hydrogen (secondary N) is 1.